The second-order valence-electron chi connectivity index (χ2n) is 6.28. The Kier molecular flexibility index (Phi) is 3.46. The van der Waals surface area contributed by atoms with Gasteiger partial charge < -0.3 is 15.0 Å². The van der Waals surface area contributed by atoms with E-state index in [-0.39, 0.29) is 11.5 Å². The minimum atomic E-state index is -0.102. The Morgan fingerprint density at radius 2 is 2.14 bits per heavy atom. The van der Waals surface area contributed by atoms with Crippen molar-refractivity contribution in [3.63, 3.8) is 0 Å². The van der Waals surface area contributed by atoms with E-state index in [0.29, 0.717) is 17.5 Å². The topological polar surface area (TPSA) is 84.3 Å². The van der Waals surface area contributed by atoms with Crippen LogP contribution in [0.3, 0.4) is 0 Å². The lowest BCUT2D eigenvalue weighted by atomic mass is 10.00. The minimum Gasteiger partial charge on any atom is -0.381 e. The van der Waals surface area contributed by atoms with E-state index >= 15 is 0 Å². The molecule has 7 heteroatoms. The number of aromatic amines is 1. The molecule has 2 aliphatic rings. The lowest BCUT2D eigenvalue weighted by Gasteiger charge is -2.21. The van der Waals surface area contributed by atoms with Crippen LogP contribution in [0.15, 0.2) is 11.0 Å². The van der Waals surface area contributed by atoms with Crippen LogP contribution in [0.4, 0.5) is 0 Å². The van der Waals surface area contributed by atoms with Crippen LogP contribution in [-0.2, 0) is 4.74 Å². The number of nitrogens with one attached hydrogen (secondary N) is 2. The highest BCUT2D eigenvalue weighted by Crippen LogP contribution is 2.27. The van der Waals surface area contributed by atoms with Crippen molar-refractivity contribution < 1.29 is 4.74 Å². The molecule has 0 aliphatic carbocycles. The van der Waals surface area contributed by atoms with Crippen molar-refractivity contribution in [2.75, 3.05) is 19.8 Å². The first-order chi connectivity index (χ1) is 10.7. The van der Waals surface area contributed by atoms with Crippen LogP contribution in [0, 0.1) is 0 Å². The summed E-state index contributed by atoms with van der Waals surface area (Å²) in [6.45, 7) is 4.60. The molecule has 22 heavy (non-hydrogen) atoms. The highest BCUT2D eigenvalue weighted by Gasteiger charge is 2.28. The van der Waals surface area contributed by atoms with Gasteiger partial charge in [0.2, 0.25) is 0 Å². The first-order valence-electron chi connectivity index (χ1n) is 8.03. The number of ether oxygens (including phenoxy) is 1. The fraction of sp³-hybridized carbons (Fsp3) is 0.667. The Hall–Kier alpha value is -1.73. The molecule has 0 amide bonds. The highest BCUT2D eigenvalue weighted by atomic mass is 16.5. The molecule has 7 nitrogen and oxygen atoms in total. The van der Waals surface area contributed by atoms with Gasteiger partial charge in [0.1, 0.15) is 11.6 Å². The molecule has 2 atom stereocenters. The van der Waals surface area contributed by atoms with Gasteiger partial charge >= 0.3 is 0 Å². The third kappa shape index (κ3) is 2.24. The number of imidazole rings is 1. The van der Waals surface area contributed by atoms with Gasteiger partial charge in [-0.1, -0.05) is 0 Å². The molecule has 2 aliphatic heterocycles. The molecule has 2 fully saturated rings. The van der Waals surface area contributed by atoms with Gasteiger partial charge in [0.25, 0.3) is 5.56 Å². The molecule has 4 heterocycles. The average molecular weight is 303 g/mol. The van der Waals surface area contributed by atoms with Crippen molar-refractivity contribution in [3.05, 3.63) is 28.2 Å². The van der Waals surface area contributed by atoms with Crippen LogP contribution in [0.2, 0.25) is 0 Å². The summed E-state index contributed by atoms with van der Waals surface area (Å²) in [6, 6.07) is 0.329. The van der Waals surface area contributed by atoms with E-state index < -0.39 is 0 Å². The van der Waals surface area contributed by atoms with Gasteiger partial charge in [0, 0.05) is 31.1 Å². The molecule has 2 N–H and O–H groups in total. The fourth-order valence-electron chi connectivity index (χ4n) is 3.57. The number of hydrogen-bond donors (Lipinski definition) is 2. The molecule has 0 radical (unpaired) electrons. The molecular weight excluding hydrogens is 282 g/mol. The Morgan fingerprint density at radius 1 is 1.32 bits per heavy atom. The molecule has 118 valence electrons. The molecule has 0 spiro atoms. The van der Waals surface area contributed by atoms with E-state index in [1.807, 2.05) is 0 Å². The first kappa shape index (κ1) is 13.9. The maximum atomic E-state index is 12.4. The zero-order valence-electron chi connectivity index (χ0n) is 12.7. The summed E-state index contributed by atoms with van der Waals surface area (Å²) >= 11 is 0. The fourth-order valence-corrected chi connectivity index (χ4v) is 3.57. The molecule has 4 rings (SSSR count). The number of rotatable bonds is 2. The second kappa shape index (κ2) is 5.48. The molecule has 2 aromatic rings. The van der Waals surface area contributed by atoms with Gasteiger partial charge in [-0.25, -0.2) is 9.50 Å². The Labute approximate surface area is 128 Å². The number of fused-ring (bicyclic) bond motifs is 1. The smallest absolute Gasteiger partial charge is 0.276 e. The molecule has 0 bridgehead atoms. The zero-order valence-corrected chi connectivity index (χ0v) is 12.7. The van der Waals surface area contributed by atoms with Crippen LogP contribution < -0.4 is 10.9 Å². The summed E-state index contributed by atoms with van der Waals surface area (Å²) in [5.41, 5.74) is 0.429. The third-order valence-corrected chi connectivity index (χ3v) is 4.91. The van der Waals surface area contributed by atoms with Crippen molar-refractivity contribution in [2.24, 2.45) is 0 Å². The van der Waals surface area contributed by atoms with Crippen LogP contribution in [0.1, 0.15) is 49.7 Å². The first-order valence-corrected chi connectivity index (χ1v) is 8.03. The van der Waals surface area contributed by atoms with E-state index in [4.69, 9.17) is 9.84 Å². The quantitative estimate of drug-likeness (QED) is 0.856. The van der Waals surface area contributed by atoms with E-state index in [0.717, 1.165) is 50.7 Å². The predicted octanol–water partition coefficient (Wildman–Crippen LogP) is 0.777. The summed E-state index contributed by atoms with van der Waals surface area (Å²) in [5, 5.41) is 8.13. The van der Waals surface area contributed by atoms with Crippen molar-refractivity contribution in [1.29, 1.82) is 0 Å². The third-order valence-electron chi connectivity index (χ3n) is 4.91. The van der Waals surface area contributed by atoms with Crippen molar-refractivity contribution >= 4 is 5.52 Å². The Bertz CT molecular complexity index is 731. The average Bonchev–Trinajstić information content (AvgIpc) is 3.14. The molecule has 0 aromatic carbocycles. The van der Waals surface area contributed by atoms with Gasteiger partial charge in [-0.05, 0) is 32.7 Å². The lowest BCUT2D eigenvalue weighted by Crippen LogP contribution is -2.26. The SMILES string of the molecule is CC1NCCC1c1nn2c(C3CCOCC3)ncc2c(=O)[nH]1. The number of nitrogens with zero attached hydrogens (tertiary/aromatic N) is 3. The maximum Gasteiger partial charge on any atom is 0.276 e. The summed E-state index contributed by atoms with van der Waals surface area (Å²) in [6.07, 6.45) is 4.50. The highest BCUT2D eigenvalue weighted by molar-refractivity contribution is 5.42. The largest absolute Gasteiger partial charge is 0.381 e. The molecule has 2 aromatic heterocycles. The van der Waals surface area contributed by atoms with Gasteiger partial charge in [0.15, 0.2) is 5.52 Å². The van der Waals surface area contributed by atoms with Gasteiger partial charge in [-0.2, -0.15) is 5.10 Å². The van der Waals surface area contributed by atoms with Gasteiger partial charge in [-0.3, -0.25) is 4.79 Å². The van der Waals surface area contributed by atoms with E-state index in [9.17, 15) is 4.79 Å². The van der Waals surface area contributed by atoms with Crippen molar-refractivity contribution in [3.8, 4) is 0 Å². The molecule has 0 saturated carbocycles. The molecule has 2 saturated heterocycles. The molecular formula is C15H21N5O2. The van der Waals surface area contributed by atoms with E-state index in [1.165, 1.54) is 0 Å². The summed E-state index contributed by atoms with van der Waals surface area (Å²) < 4.78 is 7.18. The van der Waals surface area contributed by atoms with E-state index in [2.05, 4.69) is 22.2 Å². The van der Waals surface area contributed by atoms with Crippen LogP contribution in [0.25, 0.3) is 5.52 Å². The zero-order chi connectivity index (χ0) is 15.1. The standard InChI is InChI=1S/C15H21N5O2/c1-9-11(2-5-16-9)13-18-15(21)12-8-17-14(20(12)19-13)10-3-6-22-7-4-10/h8-11,16H,2-7H2,1H3,(H,18,19,21). The summed E-state index contributed by atoms with van der Waals surface area (Å²) in [4.78, 5) is 19.8. The van der Waals surface area contributed by atoms with Crippen molar-refractivity contribution in [1.82, 2.24) is 24.9 Å². The normalized spacial score (nSPS) is 26.8. The van der Waals surface area contributed by atoms with Gasteiger partial charge in [-0.15, -0.1) is 0 Å². The van der Waals surface area contributed by atoms with E-state index in [1.54, 1.807) is 10.7 Å². The van der Waals surface area contributed by atoms with Crippen LogP contribution >= 0.6 is 0 Å². The summed E-state index contributed by atoms with van der Waals surface area (Å²) in [5.74, 6) is 2.23. The van der Waals surface area contributed by atoms with Gasteiger partial charge in [0.05, 0.1) is 6.20 Å². The minimum absolute atomic E-state index is 0.102. The lowest BCUT2D eigenvalue weighted by molar-refractivity contribution is 0.0832. The van der Waals surface area contributed by atoms with Crippen LogP contribution in [-0.4, -0.2) is 45.4 Å². The number of H-pyrrole nitrogens is 1. The number of hydrogen-bond acceptors (Lipinski definition) is 5. The van der Waals surface area contributed by atoms with Crippen molar-refractivity contribution in [2.45, 2.75) is 44.1 Å². The Morgan fingerprint density at radius 3 is 2.86 bits per heavy atom. The second-order valence-corrected chi connectivity index (χ2v) is 6.28. The van der Waals surface area contributed by atoms with Crippen LogP contribution in [0.5, 0.6) is 0 Å². The summed E-state index contributed by atoms with van der Waals surface area (Å²) in [7, 11) is 0. The number of aromatic nitrogens is 4. The molecule has 2 unspecified atom stereocenters. The maximum absolute atomic E-state index is 12.4. The predicted molar refractivity (Wildman–Crippen MR) is 81.2 cm³/mol. The Balaban J connectivity index is 1.79. The monoisotopic (exact) mass is 303 g/mol.